The van der Waals surface area contributed by atoms with Gasteiger partial charge in [-0.3, -0.25) is 0 Å². The average Bonchev–Trinajstić information content (AvgIpc) is 2.80. The highest BCUT2D eigenvalue weighted by Gasteiger charge is 2.19. The van der Waals surface area contributed by atoms with Gasteiger partial charge < -0.3 is 20.0 Å². The minimum atomic E-state index is -0.593. The number of oxime groups is 1. The topological polar surface area (TPSA) is 96.0 Å². The Morgan fingerprint density at radius 2 is 2.15 bits per heavy atom. The monoisotopic (exact) mass is 323 g/mol. The molecule has 0 spiro atoms. The van der Waals surface area contributed by atoms with Crippen molar-refractivity contribution < 1.29 is 19.1 Å². The molecule has 0 aliphatic carbocycles. The quantitative estimate of drug-likeness (QED) is 0.337. The molecule has 0 amide bonds. The second-order valence-corrected chi connectivity index (χ2v) is 4.15. The molecule has 0 aliphatic rings. The first-order valence-corrected chi connectivity index (χ1v) is 6.73. The Hall–Kier alpha value is -1.38. The number of rotatable bonds is 8. The second-order valence-electron chi connectivity index (χ2n) is 3.26. The molecular weight excluding hydrogens is 306 g/mol. The molecule has 20 heavy (non-hydrogen) atoms. The van der Waals surface area contributed by atoms with Crippen molar-refractivity contribution in [3.05, 3.63) is 11.1 Å². The maximum absolute atomic E-state index is 11.7. The van der Waals surface area contributed by atoms with Crippen molar-refractivity contribution in [1.29, 1.82) is 0 Å². The highest BCUT2D eigenvalue weighted by Crippen LogP contribution is 2.13. The number of esters is 1. The maximum atomic E-state index is 11.7. The summed E-state index contributed by atoms with van der Waals surface area (Å²) in [4.78, 5) is 20.7. The Bertz CT molecular complexity index is 439. The van der Waals surface area contributed by atoms with Gasteiger partial charge in [0, 0.05) is 12.0 Å². The van der Waals surface area contributed by atoms with Crippen molar-refractivity contribution in [3.63, 3.8) is 0 Å². The molecule has 2 N–H and O–H groups in total. The highest BCUT2D eigenvalue weighted by molar-refractivity contribution is 7.13. The van der Waals surface area contributed by atoms with E-state index in [2.05, 4.69) is 10.1 Å². The van der Waals surface area contributed by atoms with E-state index in [0.29, 0.717) is 24.0 Å². The number of hydrogen-bond donors (Lipinski definition) is 1. The molecule has 0 bridgehead atoms. The van der Waals surface area contributed by atoms with E-state index in [-0.39, 0.29) is 31.3 Å². The van der Waals surface area contributed by atoms with E-state index in [4.69, 9.17) is 20.0 Å². The number of halogens is 1. The number of ether oxygens (including phenoxy) is 2. The highest BCUT2D eigenvalue weighted by atomic mass is 35.5. The van der Waals surface area contributed by atoms with Crippen molar-refractivity contribution in [2.75, 3.05) is 32.2 Å². The smallest absolute Gasteiger partial charge is 0.362 e. The van der Waals surface area contributed by atoms with E-state index in [1.807, 2.05) is 6.92 Å². The molecule has 7 nitrogen and oxygen atoms in total. The summed E-state index contributed by atoms with van der Waals surface area (Å²) < 4.78 is 9.98. The molecule has 0 unspecified atom stereocenters. The molecule has 1 heterocycles. The summed E-state index contributed by atoms with van der Waals surface area (Å²) >= 11 is 1.21. The van der Waals surface area contributed by atoms with Crippen LogP contribution in [0, 0.1) is 0 Å². The van der Waals surface area contributed by atoms with Crippen molar-refractivity contribution in [2.45, 2.75) is 13.8 Å². The van der Waals surface area contributed by atoms with E-state index in [0.717, 1.165) is 0 Å². The van der Waals surface area contributed by atoms with E-state index in [1.54, 1.807) is 12.3 Å². The first kappa shape index (κ1) is 18.6. The lowest BCUT2D eigenvalue weighted by Gasteiger charge is -2.04. The molecule has 114 valence electrons. The maximum Gasteiger partial charge on any atom is 0.362 e. The number of nitrogens with zero attached hydrogens (tertiary/aromatic N) is 2. The lowest BCUT2D eigenvalue weighted by atomic mass is 10.3. The fraction of sp³-hybridized carbons (Fsp3) is 0.545. The molecule has 1 aromatic rings. The van der Waals surface area contributed by atoms with Crippen LogP contribution in [0.25, 0.3) is 0 Å². The minimum absolute atomic E-state index is 0. The third-order valence-corrected chi connectivity index (χ3v) is 2.59. The fourth-order valence-electron chi connectivity index (χ4n) is 1.14. The molecule has 0 aliphatic heterocycles. The van der Waals surface area contributed by atoms with Crippen molar-refractivity contribution in [2.24, 2.45) is 5.16 Å². The number of anilines is 1. The number of aromatic nitrogens is 1. The standard InChI is InChI=1S/C11H17N3O4S.ClH/c1-3-16-5-6-18-14-9(10(15)17-4-2)8-7-19-11(12)13-8;/h7H,3-6H2,1-2H3,(H2,12,13);1H/b14-9-;. The Morgan fingerprint density at radius 3 is 2.70 bits per heavy atom. The summed E-state index contributed by atoms with van der Waals surface area (Å²) in [7, 11) is 0. The van der Waals surface area contributed by atoms with Gasteiger partial charge in [-0.25, -0.2) is 9.78 Å². The van der Waals surface area contributed by atoms with Crippen LogP contribution in [0.3, 0.4) is 0 Å². The lowest BCUT2D eigenvalue weighted by Crippen LogP contribution is -2.20. The zero-order valence-corrected chi connectivity index (χ0v) is 13.0. The van der Waals surface area contributed by atoms with Gasteiger partial charge >= 0.3 is 5.97 Å². The first-order valence-electron chi connectivity index (χ1n) is 5.85. The fourth-order valence-corrected chi connectivity index (χ4v) is 1.68. The molecule has 0 saturated carbocycles. The van der Waals surface area contributed by atoms with Crippen LogP contribution in [-0.4, -0.2) is 43.1 Å². The third-order valence-electron chi connectivity index (χ3n) is 1.91. The van der Waals surface area contributed by atoms with E-state index in [1.165, 1.54) is 11.3 Å². The molecule has 9 heteroatoms. The number of nitrogen functional groups attached to an aromatic ring is 1. The summed E-state index contributed by atoms with van der Waals surface area (Å²) in [6.45, 7) is 5.08. The van der Waals surface area contributed by atoms with E-state index < -0.39 is 5.97 Å². The number of carbonyl (C=O) groups is 1. The second kappa shape index (κ2) is 10.4. The molecular formula is C11H18ClN3O4S. The average molecular weight is 324 g/mol. The van der Waals surface area contributed by atoms with Crippen molar-refractivity contribution >= 4 is 40.6 Å². The normalized spacial score (nSPS) is 10.8. The number of hydrogen-bond acceptors (Lipinski definition) is 8. The van der Waals surface area contributed by atoms with Gasteiger partial charge in [-0.15, -0.1) is 23.7 Å². The molecule has 0 atom stereocenters. The largest absolute Gasteiger partial charge is 0.461 e. The summed E-state index contributed by atoms with van der Waals surface area (Å²) in [6.07, 6.45) is 0. The first-order chi connectivity index (χ1) is 9.19. The van der Waals surface area contributed by atoms with E-state index in [9.17, 15) is 4.79 Å². The zero-order valence-electron chi connectivity index (χ0n) is 11.3. The van der Waals surface area contributed by atoms with Gasteiger partial charge in [-0.2, -0.15) is 0 Å². The van der Waals surface area contributed by atoms with Crippen LogP contribution >= 0.6 is 23.7 Å². The predicted octanol–water partition coefficient (Wildman–Crippen LogP) is 1.47. The number of nitrogens with two attached hydrogens (primary N) is 1. The summed E-state index contributed by atoms with van der Waals surface area (Å²) in [5.41, 5.74) is 5.87. The summed E-state index contributed by atoms with van der Waals surface area (Å²) in [5, 5.41) is 5.72. The van der Waals surface area contributed by atoms with Gasteiger partial charge in [0.1, 0.15) is 12.3 Å². The van der Waals surface area contributed by atoms with Crippen molar-refractivity contribution in [1.82, 2.24) is 4.98 Å². The SMILES string of the molecule is CCOCCO/N=C(\C(=O)OCC)c1csc(N)n1.Cl. The van der Waals surface area contributed by atoms with Gasteiger partial charge in [0.2, 0.25) is 5.71 Å². The summed E-state index contributed by atoms with van der Waals surface area (Å²) in [6, 6.07) is 0. The summed E-state index contributed by atoms with van der Waals surface area (Å²) in [5.74, 6) is -0.593. The molecule has 0 aromatic carbocycles. The molecule has 0 fully saturated rings. The number of carbonyl (C=O) groups excluding carboxylic acids is 1. The minimum Gasteiger partial charge on any atom is -0.461 e. The molecule has 0 saturated heterocycles. The van der Waals surface area contributed by atoms with Crippen LogP contribution in [0.4, 0.5) is 5.13 Å². The molecule has 0 radical (unpaired) electrons. The van der Waals surface area contributed by atoms with Gasteiger partial charge in [-0.05, 0) is 13.8 Å². The van der Waals surface area contributed by atoms with Gasteiger partial charge in [0.05, 0.1) is 13.2 Å². The van der Waals surface area contributed by atoms with Crippen LogP contribution in [0.5, 0.6) is 0 Å². The predicted molar refractivity (Wildman–Crippen MR) is 79.4 cm³/mol. The zero-order chi connectivity index (χ0) is 14.1. The Labute approximate surface area is 127 Å². The van der Waals surface area contributed by atoms with Crippen LogP contribution in [-0.2, 0) is 19.1 Å². The van der Waals surface area contributed by atoms with Crippen molar-refractivity contribution in [3.8, 4) is 0 Å². The molecule has 1 aromatic heterocycles. The van der Waals surface area contributed by atoms with Gasteiger partial charge in [0.25, 0.3) is 0 Å². The van der Waals surface area contributed by atoms with Crippen LogP contribution in [0.15, 0.2) is 10.5 Å². The lowest BCUT2D eigenvalue weighted by molar-refractivity contribution is -0.135. The van der Waals surface area contributed by atoms with E-state index >= 15 is 0 Å². The Kier molecular flexibility index (Phi) is 9.69. The van der Waals surface area contributed by atoms with Crippen LogP contribution in [0.1, 0.15) is 19.5 Å². The van der Waals surface area contributed by atoms with Crippen LogP contribution in [0.2, 0.25) is 0 Å². The molecule has 1 rings (SSSR count). The van der Waals surface area contributed by atoms with Gasteiger partial charge in [0.15, 0.2) is 5.13 Å². The number of thiazole rings is 1. The Morgan fingerprint density at radius 1 is 1.40 bits per heavy atom. The van der Waals surface area contributed by atoms with Crippen LogP contribution < -0.4 is 5.73 Å². The Balaban J connectivity index is 0.00000361. The third kappa shape index (κ3) is 6.18. The van der Waals surface area contributed by atoms with Gasteiger partial charge in [-0.1, -0.05) is 5.16 Å².